The van der Waals surface area contributed by atoms with Gasteiger partial charge in [-0.05, 0) is 44.4 Å². The lowest BCUT2D eigenvalue weighted by Crippen LogP contribution is -2.29. The van der Waals surface area contributed by atoms with Gasteiger partial charge in [0.1, 0.15) is 17.3 Å². The van der Waals surface area contributed by atoms with Crippen LogP contribution in [-0.2, 0) is 0 Å². The van der Waals surface area contributed by atoms with Crippen molar-refractivity contribution in [3.05, 3.63) is 17.0 Å². The maximum atomic E-state index is 6.08. The van der Waals surface area contributed by atoms with Gasteiger partial charge in [0.05, 0.1) is 0 Å². The van der Waals surface area contributed by atoms with Crippen LogP contribution in [0, 0.1) is 18.8 Å². The second-order valence-corrected chi connectivity index (χ2v) is 5.76. The number of nitrogens with zero attached hydrogens (tertiary/aromatic N) is 3. The topological polar surface area (TPSA) is 29.0 Å². The summed E-state index contributed by atoms with van der Waals surface area (Å²) in [4.78, 5) is 10.9. The Balaban J connectivity index is 1.81. The Labute approximate surface area is 107 Å². The fraction of sp³-hybridized carbons (Fsp3) is 0.692. The normalized spacial score (nSPS) is 19.4. The van der Waals surface area contributed by atoms with Crippen LogP contribution in [0.2, 0.25) is 5.15 Å². The SMILES string of the molecule is Cc1c(Cl)ncnc1N(CC1CC1)CC1CC1. The highest BCUT2D eigenvalue weighted by Gasteiger charge is 2.30. The average Bonchev–Trinajstić information content (AvgIpc) is 3.16. The number of aromatic nitrogens is 2. The van der Waals surface area contributed by atoms with Gasteiger partial charge in [0, 0.05) is 18.7 Å². The van der Waals surface area contributed by atoms with Crippen LogP contribution < -0.4 is 4.90 Å². The highest BCUT2D eigenvalue weighted by molar-refractivity contribution is 6.30. The van der Waals surface area contributed by atoms with Crippen LogP contribution in [0.5, 0.6) is 0 Å². The fourth-order valence-corrected chi connectivity index (χ4v) is 2.34. The van der Waals surface area contributed by atoms with Gasteiger partial charge < -0.3 is 4.90 Å². The van der Waals surface area contributed by atoms with Gasteiger partial charge in [0.2, 0.25) is 0 Å². The van der Waals surface area contributed by atoms with Crippen LogP contribution in [-0.4, -0.2) is 23.1 Å². The molecule has 0 spiro atoms. The van der Waals surface area contributed by atoms with Gasteiger partial charge in [-0.2, -0.15) is 0 Å². The molecule has 0 unspecified atom stereocenters. The van der Waals surface area contributed by atoms with E-state index in [1.165, 1.54) is 25.7 Å². The van der Waals surface area contributed by atoms with Gasteiger partial charge in [0.25, 0.3) is 0 Å². The van der Waals surface area contributed by atoms with Crippen molar-refractivity contribution >= 4 is 17.4 Å². The van der Waals surface area contributed by atoms with E-state index < -0.39 is 0 Å². The second-order valence-electron chi connectivity index (χ2n) is 5.40. The predicted molar refractivity (Wildman–Crippen MR) is 69.4 cm³/mol. The summed E-state index contributed by atoms with van der Waals surface area (Å²) in [5.74, 6) is 2.80. The van der Waals surface area contributed by atoms with Gasteiger partial charge in [0.15, 0.2) is 0 Å². The fourth-order valence-electron chi connectivity index (χ4n) is 2.21. The van der Waals surface area contributed by atoms with Crippen LogP contribution in [0.1, 0.15) is 31.2 Å². The molecule has 1 aromatic heterocycles. The van der Waals surface area contributed by atoms with Crippen molar-refractivity contribution in [3.63, 3.8) is 0 Å². The van der Waals surface area contributed by atoms with Crippen LogP contribution in [0.4, 0.5) is 5.82 Å². The van der Waals surface area contributed by atoms with E-state index in [1.807, 2.05) is 6.92 Å². The predicted octanol–water partition coefficient (Wildman–Crippen LogP) is 3.06. The first-order chi connectivity index (χ1) is 8.24. The molecule has 2 aliphatic carbocycles. The minimum Gasteiger partial charge on any atom is -0.356 e. The van der Waals surface area contributed by atoms with Crippen LogP contribution in [0.25, 0.3) is 0 Å². The highest BCUT2D eigenvalue weighted by atomic mass is 35.5. The Hall–Kier alpha value is -0.830. The summed E-state index contributed by atoms with van der Waals surface area (Å²) in [6.45, 7) is 4.31. The molecule has 0 bridgehead atoms. The molecule has 0 aliphatic heterocycles. The molecule has 0 atom stereocenters. The van der Waals surface area contributed by atoms with Gasteiger partial charge >= 0.3 is 0 Å². The first-order valence-electron chi connectivity index (χ1n) is 6.46. The van der Waals surface area contributed by atoms with Crippen molar-refractivity contribution in [1.29, 1.82) is 0 Å². The maximum absolute atomic E-state index is 6.08. The number of hydrogen-bond donors (Lipinski definition) is 0. The van der Waals surface area contributed by atoms with E-state index in [2.05, 4.69) is 14.9 Å². The van der Waals surface area contributed by atoms with E-state index in [0.717, 1.165) is 36.3 Å². The van der Waals surface area contributed by atoms with E-state index >= 15 is 0 Å². The van der Waals surface area contributed by atoms with Crippen molar-refractivity contribution in [2.75, 3.05) is 18.0 Å². The zero-order chi connectivity index (χ0) is 11.8. The summed E-state index contributed by atoms with van der Waals surface area (Å²) in [7, 11) is 0. The third-order valence-electron chi connectivity index (χ3n) is 3.65. The molecule has 1 heterocycles. The third kappa shape index (κ3) is 2.71. The first-order valence-corrected chi connectivity index (χ1v) is 6.84. The minimum absolute atomic E-state index is 0.589. The van der Waals surface area contributed by atoms with Crippen LogP contribution in [0.15, 0.2) is 6.33 Å². The molecule has 0 aromatic carbocycles. The maximum Gasteiger partial charge on any atom is 0.137 e. The third-order valence-corrected chi connectivity index (χ3v) is 4.03. The van der Waals surface area contributed by atoms with E-state index in [9.17, 15) is 0 Å². The molecule has 92 valence electrons. The molecule has 0 radical (unpaired) electrons. The molecular weight excluding hydrogens is 234 g/mol. The van der Waals surface area contributed by atoms with E-state index in [4.69, 9.17) is 11.6 Å². The lowest BCUT2D eigenvalue weighted by molar-refractivity contribution is 0.668. The molecule has 1 aromatic rings. The highest BCUT2D eigenvalue weighted by Crippen LogP contribution is 2.36. The molecule has 2 aliphatic rings. The first kappa shape index (κ1) is 11.3. The lowest BCUT2D eigenvalue weighted by Gasteiger charge is -2.25. The van der Waals surface area contributed by atoms with Gasteiger partial charge in [-0.1, -0.05) is 11.6 Å². The summed E-state index contributed by atoms with van der Waals surface area (Å²) in [6, 6.07) is 0. The van der Waals surface area contributed by atoms with Gasteiger partial charge in [-0.3, -0.25) is 0 Å². The molecule has 2 saturated carbocycles. The number of anilines is 1. The Bertz CT molecular complexity index is 399. The van der Waals surface area contributed by atoms with Gasteiger partial charge in [-0.25, -0.2) is 9.97 Å². The second kappa shape index (κ2) is 4.45. The van der Waals surface area contributed by atoms with Crippen molar-refractivity contribution in [3.8, 4) is 0 Å². The van der Waals surface area contributed by atoms with Crippen LogP contribution >= 0.6 is 11.6 Å². The van der Waals surface area contributed by atoms with Gasteiger partial charge in [-0.15, -0.1) is 0 Å². The van der Waals surface area contributed by atoms with Crippen molar-refractivity contribution in [1.82, 2.24) is 9.97 Å². The molecule has 3 rings (SSSR count). The summed E-state index contributed by atoms with van der Waals surface area (Å²) in [5.41, 5.74) is 1.02. The quantitative estimate of drug-likeness (QED) is 0.754. The number of rotatable bonds is 5. The zero-order valence-corrected chi connectivity index (χ0v) is 11.0. The van der Waals surface area contributed by atoms with Crippen molar-refractivity contribution < 1.29 is 0 Å². The summed E-state index contributed by atoms with van der Waals surface area (Å²) >= 11 is 6.08. The Morgan fingerprint density at radius 2 is 1.76 bits per heavy atom. The molecule has 4 heteroatoms. The van der Waals surface area contributed by atoms with Crippen LogP contribution in [0.3, 0.4) is 0 Å². The Kier molecular flexibility index (Phi) is 2.95. The molecule has 0 saturated heterocycles. The zero-order valence-electron chi connectivity index (χ0n) is 10.2. The number of hydrogen-bond acceptors (Lipinski definition) is 3. The minimum atomic E-state index is 0.589. The number of halogens is 1. The molecule has 0 N–H and O–H groups in total. The average molecular weight is 252 g/mol. The monoisotopic (exact) mass is 251 g/mol. The van der Waals surface area contributed by atoms with Crippen molar-refractivity contribution in [2.24, 2.45) is 11.8 Å². The lowest BCUT2D eigenvalue weighted by atomic mass is 10.2. The van der Waals surface area contributed by atoms with E-state index in [0.29, 0.717) is 5.15 Å². The molecule has 0 amide bonds. The molecular formula is C13H18ClN3. The van der Waals surface area contributed by atoms with E-state index in [1.54, 1.807) is 6.33 Å². The Morgan fingerprint density at radius 1 is 1.18 bits per heavy atom. The van der Waals surface area contributed by atoms with E-state index in [-0.39, 0.29) is 0 Å². The standard InChI is InChI=1S/C13H18ClN3/c1-9-12(14)15-8-16-13(9)17(6-10-2-3-10)7-11-4-5-11/h8,10-11H,2-7H2,1H3. The van der Waals surface area contributed by atoms with Crippen molar-refractivity contribution in [2.45, 2.75) is 32.6 Å². The summed E-state index contributed by atoms with van der Waals surface area (Å²) < 4.78 is 0. The molecule has 2 fully saturated rings. The smallest absolute Gasteiger partial charge is 0.137 e. The molecule has 17 heavy (non-hydrogen) atoms. The summed E-state index contributed by atoms with van der Waals surface area (Å²) in [5, 5.41) is 0.589. The summed E-state index contributed by atoms with van der Waals surface area (Å²) in [6.07, 6.45) is 7.08. The molecule has 3 nitrogen and oxygen atoms in total. The Morgan fingerprint density at radius 3 is 2.29 bits per heavy atom. The largest absolute Gasteiger partial charge is 0.356 e.